The van der Waals surface area contributed by atoms with Gasteiger partial charge in [-0.15, -0.1) is 0 Å². The van der Waals surface area contributed by atoms with Crippen LogP contribution in [0.25, 0.3) is 75.8 Å². The van der Waals surface area contributed by atoms with E-state index < -0.39 is 5.97 Å². The number of methoxy groups -OCH3 is 11. The summed E-state index contributed by atoms with van der Waals surface area (Å²) < 4.78 is 82.1. The lowest BCUT2D eigenvalue weighted by atomic mass is 9.78. The molecule has 15 nitrogen and oxygen atoms in total. The Morgan fingerprint density at radius 3 is 0.992 bits per heavy atom. The number of esters is 1. The van der Waals surface area contributed by atoms with E-state index in [-0.39, 0.29) is 25.2 Å². The number of para-hydroxylation sites is 1. The lowest BCUT2D eigenvalue weighted by molar-refractivity contribution is -0.134. The van der Waals surface area contributed by atoms with Gasteiger partial charge in [-0.1, -0.05) is 147 Å². The Labute approximate surface area is 726 Å². The fourth-order valence-corrected chi connectivity index (χ4v) is 18.3. The van der Waals surface area contributed by atoms with Gasteiger partial charge in [0.25, 0.3) is 0 Å². The fraction of sp³-hybridized carbons (Fsp3) is 0.155. The van der Waals surface area contributed by atoms with Crippen molar-refractivity contribution in [1.82, 2.24) is 0 Å². The van der Waals surface area contributed by atoms with E-state index in [0.717, 1.165) is 225 Å². The van der Waals surface area contributed by atoms with Gasteiger partial charge in [-0.05, 0) is 254 Å². The molecule has 0 fully saturated rings. The van der Waals surface area contributed by atoms with E-state index in [1.165, 1.54) is 7.11 Å². The molecule has 17 heteroatoms. The van der Waals surface area contributed by atoms with E-state index in [1.54, 1.807) is 78.2 Å². The second-order valence-corrected chi connectivity index (χ2v) is 30.6. The molecule has 0 amide bonds. The molecule has 0 radical (unpaired) electrons. The molecule has 0 bridgehead atoms. The van der Waals surface area contributed by atoms with Crippen LogP contribution in [0.1, 0.15) is 75.3 Å². The SMILES string of the molecule is C.C=CC(=O)OC.COC.COc1ccc2ccc(OC)c(C3c4cc(I)cc(I)c4Oc4ccc5ccc(OC)cc5c43)c2c1.COc1ccc2ccc(OC)c(C3c4ccc(-c5ccccc5)cc4Oc4ccc5ccc(OC)cc5c43)c2c1.COc1ccc2ccc(OC)c(C3c4ccccc4Oc4ccc5ccc(OC)cc5c43)c2c1. The first-order valence-electron chi connectivity index (χ1n) is 38.3. The second-order valence-electron chi connectivity index (χ2n) is 28.2. The number of rotatable bonds is 14. The zero-order chi connectivity index (χ0) is 83.1. The molecule has 0 N–H and O–H groups in total. The zero-order valence-electron chi connectivity index (χ0n) is 67.8. The summed E-state index contributed by atoms with van der Waals surface area (Å²) in [6, 6.07) is 91.7. The van der Waals surface area contributed by atoms with Gasteiger partial charge in [-0.2, -0.15) is 0 Å². The summed E-state index contributed by atoms with van der Waals surface area (Å²) in [4.78, 5) is 9.84. The normalized spacial score (nSPS) is 13.4. The van der Waals surface area contributed by atoms with Crippen LogP contribution in [-0.2, 0) is 14.3 Å². The highest BCUT2D eigenvalue weighted by molar-refractivity contribution is 14.1. The molecule has 0 saturated heterocycles. The molecule has 0 aromatic heterocycles. The number of fused-ring (bicyclic) bond motifs is 15. The van der Waals surface area contributed by atoms with Crippen LogP contribution in [0.5, 0.6) is 86.2 Å². The zero-order valence-corrected chi connectivity index (χ0v) is 72.1. The summed E-state index contributed by atoms with van der Waals surface area (Å²) in [5, 5.41) is 13.3. The van der Waals surface area contributed by atoms with E-state index in [0.29, 0.717) is 0 Å². The van der Waals surface area contributed by atoms with Crippen molar-refractivity contribution in [2.24, 2.45) is 0 Å². The predicted octanol–water partition coefficient (Wildman–Crippen LogP) is 26.0. The molecule has 0 spiro atoms. The molecule has 16 aromatic rings. The number of carbonyl (C=O) groups excluding carboxylic acids is 1. The van der Waals surface area contributed by atoms with Crippen molar-refractivity contribution in [3.63, 3.8) is 0 Å². The third kappa shape index (κ3) is 16.3. The topological polar surface area (TPSA) is 146 Å². The first-order valence-corrected chi connectivity index (χ1v) is 40.5. The van der Waals surface area contributed by atoms with E-state index in [4.69, 9.17) is 56.8 Å². The van der Waals surface area contributed by atoms with Gasteiger partial charge in [0.1, 0.15) is 86.2 Å². The van der Waals surface area contributed by atoms with Crippen LogP contribution in [0.15, 0.2) is 280 Å². The summed E-state index contributed by atoms with van der Waals surface area (Å²) in [5.74, 6) is 11.6. The molecular weight excluding hydrogens is 1730 g/mol. The number of hydrogen-bond donors (Lipinski definition) is 0. The average molecular weight is 1820 g/mol. The number of ether oxygens (including phenoxy) is 14. The second kappa shape index (κ2) is 37.1. The van der Waals surface area contributed by atoms with Crippen molar-refractivity contribution in [3.8, 4) is 97.4 Å². The Morgan fingerprint density at radius 2 is 0.633 bits per heavy atom. The minimum absolute atomic E-state index is 0. The van der Waals surface area contributed by atoms with Crippen LogP contribution in [0.2, 0.25) is 0 Å². The molecule has 120 heavy (non-hydrogen) atoms. The van der Waals surface area contributed by atoms with Crippen LogP contribution < -0.4 is 56.8 Å². The van der Waals surface area contributed by atoms with Crippen LogP contribution in [0, 0.1) is 7.14 Å². The molecule has 606 valence electrons. The Morgan fingerprint density at radius 1 is 0.308 bits per heavy atom. The number of halogens is 2. The minimum Gasteiger partial charge on any atom is -0.497 e. The van der Waals surface area contributed by atoms with Gasteiger partial charge in [0, 0.05) is 91.7 Å². The molecule has 0 aliphatic carbocycles. The molecule has 3 aliphatic heterocycles. The molecule has 3 unspecified atom stereocenters. The highest BCUT2D eigenvalue weighted by Crippen LogP contribution is 2.59. The molecule has 3 aliphatic rings. The van der Waals surface area contributed by atoms with Gasteiger partial charge in [-0.3, -0.25) is 0 Å². The van der Waals surface area contributed by atoms with Gasteiger partial charge in [0.15, 0.2) is 0 Å². The number of benzene rings is 16. The van der Waals surface area contributed by atoms with Gasteiger partial charge in [0.2, 0.25) is 0 Å². The van der Waals surface area contributed by atoms with Crippen LogP contribution in [0.3, 0.4) is 0 Å². The van der Waals surface area contributed by atoms with Gasteiger partial charge >= 0.3 is 5.97 Å². The highest BCUT2D eigenvalue weighted by atomic mass is 127. The standard InChI is InChI=1S/C36H28O4.C30H22I2O4.C30H24O4.C4H6O2.C2H6O.CH4/c1-37-26-14-9-23-12-17-31(39-3)34(29(23)20-26)36-28-16-11-25(22-7-5-4-6-8-22)19-33(28)40-32-18-13-24-10-15-27(38-2)21-30(24)35(32)36;1-33-19-8-4-16-6-10-25(35-3)27(21(16)14-19)29-23-12-18(31)13-24(32)30(23)36-26-11-7-17-5-9-20(34-2)15-22(17)28(26)29;1-31-20-12-8-18-10-14-26(33-3)28(23(18)16-20)30-22-6-4-5-7-25(22)34-27-15-11-19-9-13-21(32-2)17-24(19)29(27)30;1-3-4(5)6-2;1-3-2;/h4-21,36H,1-3H3;4-15,29H,1-3H3;4-17,30H,1-3H3;3H,1H2,2H3;1-2H3;1H4. The highest BCUT2D eigenvalue weighted by Gasteiger charge is 2.39. The van der Waals surface area contributed by atoms with E-state index >= 15 is 0 Å². The third-order valence-corrected chi connectivity index (χ3v) is 23.2. The monoisotopic (exact) mass is 1820 g/mol. The van der Waals surface area contributed by atoms with E-state index in [1.807, 2.05) is 60.7 Å². The Hall–Kier alpha value is -12.7. The van der Waals surface area contributed by atoms with E-state index in [9.17, 15) is 4.79 Å². The fourth-order valence-electron chi connectivity index (χ4n) is 16.3. The average Bonchev–Trinajstić information content (AvgIpc) is 0.738. The van der Waals surface area contributed by atoms with E-state index in [2.05, 4.69) is 267 Å². The first-order chi connectivity index (χ1) is 58.1. The maximum absolute atomic E-state index is 9.84. The summed E-state index contributed by atoms with van der Waals surface area (Å²) >= 11 is 4.76. The largest absolute Gasteiger partial charge is 0.497 e. The Kier molecular flexibility index (Phi) is 25.9. The lowest BCUT2D eigenvalue weighted by Crippen LogP contribution is -2.15. The molecule has 0 saturated carbocycles. The Balaban J connectivity index is 0.000000140. The van der Waals surface area contributed by atoms with Crippen molar-refractivity contribution in [2.45, 2.75) is 25.2 Å². The van der Waals surface area contributed by atoms with Crippen LogP contribution in [-0.4, -0.2) is 91.3 Å². The molecule has 19 rings (SSSR count). The molecule has 16 aromatic carbocycles. The molecular formula is C103H90I2O15. The predicted molar refractivity (Wildman–Crippen MR) is 498 cm³/mol. The third-order valence-electron chi connectivity index (χ3n) is 21.8. The van der Waals surface area contributed by atoms with Crippen molar-refractivity contribution in [3.05, 3.63) is 337 Å². The minimum atomic E-state index is -0.394. The van der Waals surface area contributed by atoms with Crippen LogP contribution in [0.4, 0.5) is 0 Å². The van der Waals surface area contributed by atoms with Crippen LogP contribution >= 0.6 is 45.2 Å². The van der Waals surface area contributed by atoms with Gasteiger partial charge in [-0.25, -0.2) is 4.79 Å². The first kappa shape index (κ1) is 83.8. The maximum atomic E-state index is 9.84. The quantitative estimate of drug-likeness (QED) is 0.0577. The van der Waals surface area contributed by atoms with Crippen molar-refractivity contribution < 1.29 is 71.1 Å². The number of hydrogen-bond acceptors (Lipinski definition) is 15. The summed E-state index contributed by atoms with van der Waals surface area (Å²) in [6.07, 6.45) is 1.11. The number of carbonyl (C=O) groups is 1. The summed E-state index contributed by atoms with van der Waals surface area (Å²) in [6.45, 7) is 3.16. The summed E-state index contributed by atoms with van der Waals surface area (Å²) in [7, 11) is 19.9. The molecule has 3 atom stereocenters. The van der Waals surface area contributed by atoms with Crippen molar-refractivity contribution >= 4 is 116 Å². The smallest absolute Gasteiger partial charge is 0.329 e. The lowest BCUT2D eigenvalue weighted by Gasteiger charge is -2.32. The van der Waals surface area contributed by atoms with Crippen molar-refractivity contribution in [1.29, 1.82) is 0 Å². The van der Waals surface area contributed by atoms with Crippen molar-refractivity contribution in [2.75, 3.05) is 85.3 Å². The van der Waals surface area contributed by atoms with Gasteiger partial charge in [0.05, 0.1) is 74.7 Å². The molecule has 3 heterocycles. The Bertz CT molecular complexity index is 6530. The summed E-state index contributed by atoms with van der Waals surface area (Å²) in [5.41, 5.74) is 12.1. The van der Waals surface area contributed by atoms with Gasteiger partial charge < -0.3 is 66.3 Å². The maximum Gasteiger partial charge on any atom is 0.329 e.